The molecule has 0 fully saturated rings. The fourth-order valence-electron chi connectivity index (χ4n) is 3.47. The minimum atomic E-state index is -2.00. The van der Waals surface area contributed by atoms with Crippen LogP contribution in [-0.4, -0.2) is 16.6 Å². The first-order valence-corrected chi connectivity index (χ1v) is 15.2. The molecule has 0 N–H and O–H groups in total. The Bertz CT molecular complexity index is 895. The molecular formula is C24H28OSi2. The molecule has 0 radical (unpaired) electrons. The molecule has 0 aliphatic rings. The van der Waals surface area contributed by atoms with E-state index in [1.54, 1.807) is 0 Å². The zero-order chi connectivity index (χ0) is 19.5. The molecule has 3 aromatic rings. The van der Waals surface area contributed by atoms with Crippen molar-refractivity contribution in [2.24, 2.45) is 0 Å². The Morgan fingerprint density at radius 3 is 1.56 bits per heavy atom. The average Bonchev–Trinajstić information content (AvgIpc) is 2.68. The summed E-state index contributed by atoms with van der Waals surface area (Å²) in [5.41, 5.74) is 3.65. The molecule has 1 nitrogen and oxygen atoms in total. The lowest BCUT2D eigenvalue weighted by molar-refractivity contribution is 0.573. The van der Waals surface area contributed by atoms with E-state index in [4.69, 9.17) is 4.12 Å². The molecule has 3 rings (SSSR count). The van der Waals surface area contributed by atoms with E-state index in [0.717, 1.165) is 5.56 Å². The second-order valence-electron chi connectivity index (χ2n) is 7.89. The SMILES string of the molecule is C=Cc1ccc([Si](C)(C)O[Si](C)(C)c2ccc(-c3ccccc3)cc2)cc1. The molecule has 27 heavy (non-hydrogen) atoms. The summed E-state index contributed by atoms with van der Waals surface area (Å²) in [5, 5.41) is 2.67. The van der Waals surface area contributed by atoms with Crippen LogP contribution in [-0.2, 0) is 4.12 Å². The number of hydrogen-bond donors (Lipinski definition) is 0. The molecule has 0 atom stereocenters. The molecule has 3 aromatic carbocycles. The van der Waals surface area contributed by atoms with Gasteiger partial charge < -0.3 is 4.12 Å². The Labute approximate surface area is 165 Å². The minimum Gasteiger partial charge on any atom is -0.449 e. The summed E-state index contributed by atoms with van der Waals surface area (Å²) in [6.45, 7) is 13.0. The van der Waals surface area contributed by atoms with Gasteiger partial charge in [0.05, 0.1) is 0 Å². The standard InChI is InChI=1S/C24H28OSi2/c1-6-20-12-16-23(17-13-20)26(2,3)25-27(4,5)24-18-14-22(15-19-24)21-10-8-7-9-11-21/h6-19H,1H2,2-5H3. The third-order valence-corrected chi connectivity index (χ3v) is 12.6. The van der Waals surface area contributed by atoms with Gasteiger partial charge in [0.15, 0.2) is 0 Å². The molecule has 138 valence electrons. The highest BCUT2D eigenvalue weighted by Crippen LogP contribution is 2.20. The van der Waals surface area contributed by atoms with Crippen molar-refractivity contribution in [2.45, 2.75) is 26.2 Å². The topological polar surface area (TPSA) is 9.23 Å². The highest BCUT2D eigenvalue weighted by molar-refractivity contribution is 6.96. The van der Waals surface area contributed by atoms with Crippen molar-refractivity contribution in [3.63, 3.8) is 0 Å². The van der Waals surface area contributed by atoms with Crippen LogP contribution in [0.25, 0.3) is 17.2 Å². The summed E-state index contributed by atoms with van der Waals surface area (Å²) < 4.78 is 6.87. The maximum absolute atomic E-state index is 6.87. The number of hydrogen-bond acceptors (Lipinski definition) is 1. The van der Waals surface area contributed by atoms with Crippen LogP contribution in [0.2, 0.25) is 26.2 Å². The van der Waals surface area contributed by atoms with Gasteiger partial charge in [0.1, 0.15) is 0 Å². The van der Waals surface area contributed by atoms with Crippen molar-refractivity contribution in [2.75, 3.05) is 0 Å². The molecule has 3 heteroatoms. The molecule has 0 saturated carbocycles. The molecule has 0 amide bonds. The normalized spacial score (nSPS) is 12.0. The van der Waals surface area contributed by atoms with Gasteiger partial charge in [-0.1, -0.05) is 91.5 Å². The molecule has 0 aliphatic heterocycles. The van der Waals surface area contributed by atoms with Gasteiger partial charge in [-0.3, -0.25) is 0 Å². The molecule has 0 aliphatic carbocycles. The van der Waals surface area contributed by atoms with Gasteiger partial charge in [0.2, 0.25) is 16.6 Å². The van der Waals surface area contributed by atoms with Crippen LogP contribution >= 0.6 is 0 Å². The van der Waals surface area contributed by atoms with Gasteiger partial charge in [0.25, 0.3) is 0 Å². The van der Waals surface area contributed by atoms with Crippen molar-refractivity contribution in [3.8, 4) is 11.1 Å². The Kier molecular flexibility index (Phi) is 5.65. The van der Waals surface area contributed by atoms with Gasteiger partial charge in [0, 0.05) is 0 Å². The number of benzene rings is 3. The van der Waals surface area contributed by atoms with Crippen LogP contribution in [0.3, 0.4) is 0 Å². The molecule has 0 bridgehead atoms. The lowest BCUT2D eigenvalue weighted by atomic mass is 10.1. The van der Waals surface area contributed by atoms with Gasteiger partial charge in [-0.2, -0.15) is 0 Å². The van der Waals surface area contributed by atoms with Crippen LogP contribution in [0.15, 0.2) is 85.4 Å². The van der Waals surface area contributed by atoms with E-state index in [0.29, 0.717) is 0 Å². The lowest BCUT2D eigenvalue weighted by Crippen LogP contribution is -2.57. The maximum Gasteiger partial charge on any atom is 0.206 e. The molecule has 0 saturated heterocycles. The van der Waals surface area contributed by atoms with E-state index in [9.17, 15) is 0 Å². The summed E-state index contributed by atoms with van der Waals surface area (Å²) >= 11 is 0. The summed E-state index contributed by atoms with van der Waals surface area (Å²) in [6, 6.07) is 28.1. The van der Waals surface area contributed by atoms with Crippen molar-refractivity contribution in [1.82, 2.24) is 0 Å². The highest BCUT2D eigenvalue weighted by atomic mass is 28.4. The van der Waals surface area contributed by atoms with Crippen LogP contribution < -0.4 is 10.4 Å². The predicted octanol–water partition coefficient (Wildman–Crippen LogP) is 5.54. The van der Waals surface area contributed by atoms with Crippen molar-refractivity contribution in [3.05, 3.63) is 91.0 Å². The predicted molar refractivity (Wildman–Crippen MR) is 124 cm³/mol. The zero-order valence-electron chi connectivity index (χ0n) is 16.7. The Hall–Kier alpha value is -2.21. The van der Waals surface area contributed by atoms with Crippen molar-refractivity contribution < 1.29 is 4.12 Å². The van der Waals surface area contributed by atoms with Crippen LogP contribution in [0.1, 0.15) is 5.56 Å². The first kappa shape index (κ1) is 19.6. The molecular weight excluding hydrogens is 360 g/mol. The fraction of sp³-hybridized carbons (Fsp3) is 0.167. The van der Waals surface area contributed by atoms with Crippen LogP contribution in [0.5, 0.6) is 0 Å². The van der Waals surface area contributed by atoms with E-state index in [1.165, 1.54) is 21.5 Å². The van der Waals surface area contributed by atoms with Crippen molar-refractivity contribution in [1.29, 1.82) is 0 Å². The van der Waals surface area contributed by atoms with Gasteiger partial charge in [-0.25, -0.2) is 0 Å². The van der Waals surface area contributed by atoms with E-state index in [-0.39, 0.29) is 0 Å². The second-order valence-corrected chi connectivity index (χ2v) is 15.9. The summed E-state index contributed by atoms with van der Waals surface area (Å²) in [7, 11) is -3.99. The largest absolute Gasteiger partial charge is 0.449 e. The van der Waals surface area contributed by atoms with E-state index in [2.05, 4.69) is 112 Å². The quantitative estimate of drug-likeness (QED) is 0.504. The second kappa shape index (κ2) is 7.81. The molecule has 0 aromatic heterocycles. The third-order valence-electron chi connectivity index (χ3n) is 5.04. The van der Waals surface area contributed by atoms with E-state index in [1.807, 2.05) is 6.08 Å². The summed E-state index contributed by atoms with van der Waals surface area (Å²) in [5.74, 6) is 0. The van der Waals surface area contributed by atoms with Crippen molar-refractivity contribution >= 4 is 33.1 Å². The minimum absolute atomic E-state index is 1.15. The van der Waals surface area contributed by atoms with Crippen LogP contribution in [0, 0.1) is 0 Å². The van der Waals surface area contributed by atoms with Gasteiger partial charge in [-0.15, -0.1) is 0 Å². The lowest BCUT2D eigenvalue weighted by Gasteiger charge is -2.34. The zero-order valence-corrected chi connectivity index (χ0v) is 18.7. The van der Waals surface area contributed by atoms with Gasteiger partial charge >= 0.3 is 0 Å². The Morgan fingerprint density at radius 1 is 0.630 bits per heavy atom. The smallest absolute Gasteiger partial charge is 0.206 e. The first-order chi connectivity index (χ1) is 12.8. The summed E-state index contributed by atoms with van der Waals surface area (Å²) in [6.07, 6.45) is 1.88. The average molecular weight is 389 g/mol. The monoisotopic (exact) mass is 388 g/mol. The molecule has 0 spiro atoms. The number of rotatable bonds is 6. The van der Waals surface area contributed by atoms with Crippen LogP contribution in [0.4, 0.5) is 0 Å². The molecule has 0 unspecified atom stereocenters. The van der Waals surface area contributed by atoms with E-state index < -0.39 is 16.6 Å². The van der Waals surface area contributed by atoms with Gasteiger partial charge in [-0.05, 0) is 53.3 Å². The van der Waals surface area contributed by atoms with E-state index >= 15 is 0 Å². The highest BCUT2D eigenvalue weighted by Gasteiger charge is 2.35. The first-order valence-electron chi connectivity index (χ1n) is 9.41. The summed E-state index contributed by atoms with van der Waals surface area (Å²) in [4.78, 5) is 0. The Balaban J connectivity index is 1.81. The maximum atomic E-state index is 6.87. The Morgan fingerprint density at radius 2 is 1.07 bits per heavy atom. The third kappa shape index (κ3) is 4.56. The molecule has 0 heterocycles. The fourth-order valence-corrected chi connectivity index (χ4v) is 11.5.